The van der Waals surface area contributed by atoms with E-state index in [2.05, 4.69) is 16.9 Å². The number of rotatable bonds is 5. The molecule has 0 saturated carbocycles. The molecule has 1 fully saturated rings. The summed E-state index contributed by atoms with van der Waals surface area (Å²) < 4.78 is 17.2. The van der Waals surface area contributed by atoms with Crippen LogP contribution in [0.2, 0.25) is 4.82 Å². The van der Waals surface area contributed by atoms with Crippen molar-refractivity contribution >= 4 is 25.4 Å². The number of esters is 1. The molecular weight excluding hydrogens is 311 g/mol. The molecule has 19 heavy (non-hydrogen) atoms. The Labute approximate surface area is 119 Å². The molecule has 0 unspecified atom stereocenters. The minimum atomic E-state index is -0.581. The molecule has 1 saturated heterocycles. The average molecular weight is 329 g/mol. The Bertz CT molecular complexity index is 409. The van der Waals surface area contributed by atoms with Crippen molar-refractivity contribution in [3.63, 3.8) is 0 Å². The standard InChI is InChI=1S/C14H18O4Se/c1-10(13(15)16-2)18-14-12(8-9-17-14)19-11-6-4-3-5-7-11/h3-7,10,12,14H,8-9H2,1-2H3/t10-,12-,14+/m0/s1. The van der Waals surface area contributed by atoms with Gasteiger partial charge in [-0.1, -0.05) is 0 Å². The molecule has 0 spiro atoms. The van der Waals surface area contributed by atoms with Crippen molar-refractivity contribution in [1.29, 1.82) is 0 Å². The zero-order chi connectivity index (χ0) is 13.7. The predicted octanol–water partition coefficient (Wildman–Crippen LogP) is 1.13. The monoisotopic (exact) mass is 330 g/mol. The SMILES string of the molecule is COC(=O)[C@H](C)O[C@H]1OCC[C@@H]1[Se]c1ccccc1. The fraction of sp³-hybridized carbons (Fsp3) is 0.500. The molecule has 2 rings (SSSR count). The van der Waals surface area contributed by atoms with Gasteiger partial charge in [0.2, 0.25) is 0 Å². The van der Waals surface area contributed by atoms with E-state index < -0.39 is 6.10 Å². The van der Waals surface area contributed by atoms with Gasteiger partial charge in [-0.15, -0.1) is 0 Å². The molecular formula is C14H18O4Se. The molecule has 0 amide bonds. The first-order chi connectivity index (χ1) is 9.20. The van der Waals surface area contributed by atoms with Gasteiger partial charge < -0.3 is 0 Å². The number of hydrogen-bond acceptors (Lipinski definition) is 4. The summed E-state index contributed by atoms with van der Waals surface area (Å²) in [7, 11) is 1.36. The third-order valence-electron chi connectivity index (χ3n) is 2.89. The Hall–Kier alpha value is -0.871. The summed E-state index contributed by atoms with van der Waals surface area (Å²) >= 11 is 0.290. The molecule has 1 aliphatic rings. The third-order valence-corrected chi connectivity index (χ3v) is 5.63. The first-order valence-corrected chi connectivity index (χ1v) is 8.12. The van der Waals surface area contributed by atoms with Crippen molar-refractivity contribution in [2.75, 3.05) is 13.7 Å². The van der Waals surface area contributed by atoms with Crippen LogP contribution in [-0.2, 0) is 19.0 Å². The van der Waals surface area contributed by atoms with Crippen LogP contribution in [-0.4, -0.2) is 47.0 Å². The Kier molecular flexibility index (Phi) is 5.40. The van der Waals surface area contributed by atoms with Gasteiger partial charge in [0.05, 0.1) is 0 Å². The van der Waals surface area contributed by atoms with Crippen molar-refractivity contribution in [2.45, 2.75) is 30.6 Å². The van der Waals surface area contributed by atoms with Crippen LogP contribution in [0.1, 0.15) is 13.3 Å². The number of benzene rings is 1. The van der Waals surface area contributed by atoms with E-state index in [-0.39, 0.29) is 27.2 Å². The van der Waals surface area contributed by atoms with E-state index in [9.17, 15) is 4.79 Å². The molecule has 5 heteroatoms. The fourth-order valence-electron chi connectivity index (χ4n) is 1.88. The van der Waals surface area contributed by atoms with Crippen molar-refractivity contribution in [3.05, 3.63) is 30.3 Å². The van der Waals surface area contributed by atoms with E-state index in [1.54, 1.807) is 6.92 Å². The van der Waals surface area contributed by atoms with Crippen LogP contribution in [0.3, 0.4) is 0 Å². The molecule has 1 heterocycles. The normalized spacial score (nSPS) is 24.1. The van der Waals surface area contributed by atoms with E-state index in [0.717, 1.165) is 6.42 Å². The van der Waals surface area contributed by atoms with Gasteiger partial charge in [-0.2, -0.15) is 0 Å². The van der Waals surface area contributed by atoms with Crippen LogP contribution >= 0.6 is 0 Å². The van der Waals surface area contributed by atoms with Crippen molar-refractivity contribution in [1.82, 2.24) is 0 Å². The second-order valence-electron chi connectivity index (χ2n) is 4.30. The maximum atomic E-state index is 11.4. The predicted molar refractivity (Wildman–Crippen MR) is 72.5 cm³/mol. The quantitative estimate of drug-likeness (QED) is 0.600. The van der Waals surface area contributed by atoms with Crippen LogP contribution in [0.15, 0.2) is 30.3 Å². The van der Waals surface area contributed by atoms with Crippen molar-refractivity contribution in [2.24, 2.45) is 0 Å². The number of ether oxygens (including phenoxy) is 3. The molecule has 0 N–H and O–H groups in total. The summed E-state index contributed by atoms with van der Waals surface area (Å²) in [6.07, 6.45) is 0.101. The minimum absolute atomic E-state index is 0.290. The Morgan fingerprint density at radius 1 is 1.42 bits per heavy atom. The summed E-state index contributed by atoms with van der Waals surface area (Å²) in [6, 6.07) is 10.3. The Balaban J connectivity index is 1.92. The zero-order valence-electron chi connectivity index (χ0n) is 11.1. The third kappa shape index (κ3) is 4.05. The van der Waals surface area contributed by atoms with Crippen LogP contribution in [0.4, 0.5) is 0 Å². The number of hydrogen-bond donors (Lipinski definition) is 0. The molecule has 3 atom stereocenters. The Morgan fingerprint density at radius 3 is 2.84 bits per heavy atom. The number of carbonyl (C=O) groups excluding carboxylic acids is 1. The van der Waals surface area contributed by atoms with Crippen LogP contribution in [0.25, 0.3) is 0 Å². The molecule has 0 bridgehead atoms. The summed E-state index contributed by atoms with van der Waals surface area (Å²) in [5.41, 5.74) is 0. The zero-order valence-corrected chi connectivity index (χ0v) is 12.8. The van der Waals surface area contributed by atoms with Gasteiger partial charge in [-0.3, -0.25) is 0 Å². The number of methoxy groups -OCH3 is 1. The molecule has 0 aromatic heterocycles. The molecule has 1 aromatic carbocycles. The average Bonchev–Trinajstić information content (AvgIpc) is 2.86. The van der Waals surface area contributed by atoms with Gasteiger partial charge in [0, 0.05) is 0 Å². The molecule has 1 aliphatic heterocycles. The van der Waals surface area contributed by atoms with E-state index in [0.29, 0.717) is 11.4 Å². The van der Waals surface area contributed by atoms with Crippen molar-refractivity contribution in [3.8, 4) is 0 Å². The van der Waals surface area contributed by atoms with Gasteiger partial charge in [0.25, 0.3) is 0 Å². The van der Waals surface area contributed by atoms with E-state index in [1.165, 1.54) is 11.6 Å². The number of carbonyl (C=O) groups is 1. The summed E-state index contributed by atoms with van der Waals surface area (Å²) in [6.45, 7) is 2.39. The van der Waals surface area contributed by atoms with Crippen LogP contribution in [0.5, 0.6) is 0 Å². The molecule has 0 radical (unpaired) electrons. The topological polar surface area (TPSA) is 44.8 Å². The maximum absolute atomic E-state index is 11.4. The molecule has 104 valence electrons. The first-order valence-electron chi connectivity index (χ1n) is 6.27. The van der Waals surface area contributed by atoms with Gasteiger partial charge in [-0.25, -0.2) is 0 Å². The Morgan fingerprint density at radius 2 is 2.16 bits per heavy atom. The molecule has 1 aromatic rings. The van der Waals surface area contributed by atoms with E-state index in [1.807, 2.05) is 18.2 Å². The summed E-state index contributed by atoms with van der Waals surface area (Å²) in [4.78, 5) is 11.7. The van der Waals surface area contributed by atoms with E-state index in [4.69, 9.17) is 9.47 Å². The summed E-state index contributed by atoms with van der Waals surface area (Å²) in [5, 5.41) is 0. The second-order valence-corrected chi connectivity index (χ2v) is 7.05. The second kappa shape index (κ2) is 7.06. The molecule has 0 aliphatic carbocycles. The first kappa shape index (κ1) is 14.5. The van der Waals surface area contributed by atoms with Crippen LogP contribution in [0, 0.1) is 0 Å². The molecule has 4 nitrogen and oxygen atoms in total. The van der Waals surface area contributed by atoms with Crippen molar-refractivity contribution < 1.29 is 19.0 Å². The van der Waals surface area contributed by atoms with Crippen LogP contribution < -0.4 is 4.46 Å². The fourth-order valence-corrected chi connectivity index (χ4v) is 4.26. The van der Waals surface area contributed by atoms with Gasteiger partial charge in [-0.05, 0) is 0 Å². The summed E-state index contributed by atoms with van der Waals surface area (Å²) in [5.74, 6) is -0.360. The van der Waals surface area contributed by atoms with Gasteiger partial charge in [0.1, 0.15) is 0 Å². The van der Waals surface area contributed by atoms with Gasteiger partial charge >= 0.3 is 119 Å². The van der Waals surface area contributed by atoms with E-state index >= 15 is 0 Å². The van der Waals surface area contributed by atoms with Gasteiger partial charge in [0.15, 0.2) is 0 Å².